The number of hydrogen-bond acceptors (Lipinski definition) is 15. The van der Waals surface area contributed by atoms with Crippen LogP contribution in [0.2, 0.25) is 0 Å². The van der Waals surface area contributed by atoms with E-state index in [1.54, 1.807) is 0 Å². The molecule has 0 heterocycles. The van der Waals surface area contributed by atoms with Crippen LogP contribution in [0.15, 0.2) is 0 Å². The topological polar surface area (TPSA) is 237 Å². The Morgan fingerprint density at radius 2 is 0.430 bits per heavy atom. The molecule has 636 valence electrons. The summed E-state index contributed by atoms with van der Waals surface area (Å²) in [5.41, 5.74) is 0. The molecule has 0 aromatic heterocycles. The third-order valence-corrected chi connectivity index (χ3v) is 22.7. The molecular formula is C88H172O17P2. The monoisotopic (exact) mass is 1560 g/mol. The highest BCUT2D eigenvalue weighted by molar-refractivity contribution is 7.47. The fourth-order valence-corrected chi connectivity index (χ4v) is 15.4. The summed E-state index contributed by atoms with van der Waals surface area (Å²) in [6.07, 6.45) is 74.9. The molecule has 0 aliphatic heterocycles. The van der Waals surface area contributed by atoms with Gasteiger partial charge in [-0.2, -0.15) is 0 Å². The Bertz CT molecular complexity index is 2030. The van der Waals surface area contributed by atoms with Crippen LogP contribution in [0.5, 0.6) is 0 Å². The summed E-state index contributed by atoms with van der Waals surface area (Å²) in [5, 5.41) is 10.7. The lowest BCUT2D eigenvalue weighted by Crippen LogP contribution is -2.30. The Balaban J connectivity index is 5.25. The molecule has 0 aromatic carbocycles. The van der Waals surface area contributed by atoms with Crippen LogP contribution < -0.4 is 0 Å². The van der Waals surface area contributed by atoms with Gasteiger partial charge in [0.15, 0.2) is 12.2 Å². The molecule has 0 fully saturated rings. The van der Waals surface area contributed by atoms with Gasteiger partial charge in [0.2, 0.25) is 0 Å². The lowest BCUT2D eigenvalue weighted by molar-refractivity contribution is -0.161. The number of aliphatic hydroxyl groups excluding tert-OH is 1. The van der Waals surface area contributed by atoms with Gasteiger partial charge in [-0.05, 0) is 31.6 Å². The van der Waals surface area contributed by atoms with Crippen LogP contribution in [0.1, 0.15) is 478 Å². The van der Waals surface area contributed by atoms with Crippen molar-refractivity contribution < 1.29 is 80.2 Å². The van der Waals surface area contributed by atoms with Gasteiger partial charge in [0.1, 0.15) is 19.3 Å². The van der Waals surface area contributed by atoms with Crippen molar-refractivity contribution in [1.29, 1.82) is 0 Å². The Morgan fingerprint density at radius 1 is 0.252 bits per heavy atom. The first-order valence-corrected chi connectivity index (χ1v) is 48.6. The van der Waals surface area contributed by atoms with Crippen LogP contribution in [0, 0.1) is 5.92 Å². The van der Waals surface area contributed by atoms with E-state index in [0.717, 1.165) is 95.8 Å². The van der Waals surface area contributed by atoms with Gasteiger partial charge in [-0.3, -0.25) is 37.3 Å². The van der Waals surface area contributed by atoms with Crippen molar-refractivity contribution in [2.24, 2.45) is 5.92 Å². The largest absolute Gasteiger partial charge is 0.472 e. The van der Waals surface area contributed by atoms with Crippen molar-refractivity contribution in [3.8, 4) is 0 Å². The predicted molar refractivity (Wildman–Crippen MR) is 442 cm³/mol. The van der Waals surface area contributed by atoms with E-state index in [1.165, 1.54) is 302 Å². The first-order valence-electron chi connectivity index (χ1n) is 45.6. The van der Waals surface area contributed by atoms with Crippen molar-refractivity contribution in [2.75, 3.05) is 39.6 Å². The smallest absolute Gasteiger partial charge is 0.462 e. The van der Waals surface area contributed by atoms with Crippen LogP contribution >= 0.6 is 15.6 Å². The fourth-order valence-electron chi connectivity index (χ4n) is 13.8. The minimum atomic E-state index is -4.97. The number of carbonyl (C=O) groups excluding carboxylic acids is 4. The van der Waals surface area contributed by atoms with Gasteiger partial charge >= 0.3 is 39.5 Å². The molecule has 17 nitrogen and oxygen atoms in total. The molecule has 0 aromatic rings. The first kappa shape index (κ1) is 105. The zero-order valence-corrected chi connectivity index (χ0v) is 72.1. The average Bonchev–Trinajstić information content (AvgIpc) is 0.904. The van der Waals surface area contributed by atoms with Crippen molar-refractivity contribution >= 4 is 39.5 Å². The van der Waals surface area contributed by atoms with E-state index in [0.29, 0.717) is 25.7 Å². The number of phosphoric acid groups is 2. The van der Waals surface area contributed by atoms with Crippen LogP contribution in [0.4, 0.5) is 0 Å². The lowest BCUT2D eigenvalue weighted by atomic mass is 10.0. The summed E-state index contributed by atoms with van der Waals surface area (Å²) in [5.74, 6) is -1.32. The Hall–Kier alpha value is -1.94. The molecule has 0 saturated heterocycles. The molecule has 2 unspecified atom stereocenters. The third-order valence-electron chi connectivity index (χ3n) is 20.8. The lowest BCUT2D eigenvalue weighted by Gasteiger charge is -2.21. The number of ether oxygens (including phenoxy) is 4. The Labute approximate surface area is 658 Å². The fraction of sp³-hybridized carbons (Fsp3) is 0.955. The molecule has 0 spiro atoms. The SMILES string of the molecule is CCCCCCCCCCCCCCCCCCCCCCC(=O)O[C@H](COC(=O)CCCCCCCCCCCCCCCCCCCCC)COP(=O)(O)OC[C@@H](O)COP(=O)(O)OC[C@@H](COC(=O)CCCCCCCCCCCCCCC)OC(=O)CCCCCCCCCCCCCCC(C)C. The van der Waals surface area contributed by atoms with Crippen LogP contribution in [0.25, 0.3) is 0 Å². The summed E-state index contributed by atoms with van der Waals surface area (Å²) < 4.78 is 69.0. The molecule has 0 saturated carbocycles. The first-order chi connectivity index (χ1) is 52.0. The number of carbonyl (C=O) groups is 4. The summed E-state index contributed by atoms with van der Waals surface area (Å²) >= 11 is 0. The number of unbranched alkanes of at least 4 members (excludes halogenated alkanes) is 60. The standard InChI is InChI=1S/C88H172O17P2/c1-6-9-12-15-18-21-24-27-29-31-33-35-37-39-42-48-53-58-63-68-73-87(92)104-83(78-99-86(91)72-67-62-57-52-47-41-38-36-34-32-30-28-25-22-19-16-13-10-7-2)79-102-106(94,95)100-75-82(89)76-101-107(96,97)103-80-84(77-98-85(90)71-66-61-56-51-46-40-26-23-20-17-14-11-8-3)105-88(93)74-69-64-59-54-49-44-43-45-50-55-60-65-70-81(4)5/h81-84,89H,6-80H2,1-5H3,(H,94,95)(H,96,97)/t82-,83-,84-/m1/s1. The molecule has 0 rings (SSSR count). The molecule has 0 aliphatic rings. The summed E-state index contributed by atoms with van der Waals surface area (Å²) in [7, 11) is -9.93. The van der Waals surface area contributed by atoms with E-state index in [9.17, 15) is 43.2 Å². The highest BCUT2D eigenvalue weighted by atomic mass is 31.2. The molecule has 0 bridgehead atoms. The second kappa shape index (κ2) is 80.7. The summed E-state index contributed by atoms with van der Waals surface area (Å²) in [6.45, 7) is 7.39. The van der Waals surface area contributed by atoms with Gasteiger partial charge in [-0.1, -0.05) is 426 Å². The molecule has 0 aliphatic carbocycles. The number of esters is 4. The maximum absolute atomic E-state index is 13.2. The van der Waals surface area contributed by atoms with E-state index in [2.05, 4.69) is 34.6 Å². The maximum atomic E-state index is 13.2. The second-order valence-electron chi connectivity index (χ2n) is 32.1. The molecule has 0 amide bonds. The minimum absolute atomic E-state index is 0.108. The number of hydrogen-bond donors (Lipinski definition) is 3. The van der Waals surface area contributed by atoms with Gasteiger partial charge < -0.3 is 33.8 Å². The van der Waals surface area contributed by atoms with E-state index < -0.39 is 97.5 Å². The number of phosphoric ester groups is 2. The summed E-state index contributed by atoms with van der Waals surface area (Å²) in [6, 6.07) is 0. The molecular weight excluding hydrogens is 1390 g/mol. The zero-order chi connectivity index (χ0) is 78.3. The minimum Gasteiger partial charge on any atom is -0.462 e. The summed E-state index contributed by atoms with van der Waals surface area (Å²) in [4.78, 5) is 73.3. The quantitative estimate of drug-likeness (QED) is 0.0222. The molecule has 5 atom stereocenters. The zero-order valence-electron chi connectivity index (χ0n) is 70.3. The van der Waals surface area contributed by atoms with Crippen molar-refractivity contribution in [3.63, 3.8) is 0 Å². The van der Waals surface area contributed by atoms with Gasteiger partial charge in [-0.25, -0.2) is 9.13 Å². The Kier molecular flexibility index (Phi) is 79.2. The average molecular weight is 1560 g/mol. The van der Waals surface area contributed by atoms with Crippen LogP contribution in [-0.4, -0.2) is 96.7 Å². The van der Waals surface area contributed by atoms with Crippen molar-refractivity contribution in [2.45, 2.75) is 496 Å². The highest BCUT2D eigenvalue weighted by Crippen LogP contribution is 2.45. The maximum Gasteiger partial charge on any atom is 0.472 e. The van der Waals surface area contributed by atoms with Gasteiger partial charge in [0.25, 0.3) is 0 Å². The number of aliphatic hydroxyl groups is 1. The van der Waals surface area contributed by atoms with Gasteiger partial charge in [0, 0.05) is 25.7 Å². The molecule has 3 N–H and O–H groups in total. The van der Waals surface area contributed by atoms with E-state index >= 15 is 0 Å². The van der Waals surface area contributed by atoms with Crippen molar-refractivity contribution in [3.05, 3.63) is 0 Å². The van der Waals surface area contributed by atoms with Crippen LogP contribution in [-0.2, 0) is 65.4 Å². The van der Waals surface area contributed by atoms with Crippen molar-refractivity contribution in [1.82, 2.24) is 0 Å². The second-order valence-corrected chi connectivity index (χ2v) is 35.0. The molecule has 0 radical (unpaired) electrons. The van der Waals surface area contributed by atoms with E-state index in [-0.39, 0.29) is 25.7 Å². The highest BCUT2D eigenvalue weighted by Gasteiger charge is 2.30. The van der Waals surface area contributed by atoms with Gasteiger partial charge in [0.05, 0.1) is 26.4 Å². The third kappa shape index (κ3) is 81.9. The normalized spacial score (nSPS) is 13.7. The molecule has 19 heteroatoms. The van der Waals surface area contributed by atoms with E-state index in [1.807, 2.05) is 0 Å². The Morgan fingerprint density at radius 3 is 0.636 bits per heavy atom. The number of rotatable bonds is 88. The van der Waals surface area contributed by atoms with Gasteiger partial charge in [-0.15, -0.1) is 0 Å². The van der Waals surface area contributed by atoms with Crippen LogP contribution in [0.3, 0.4) is 0 Å². The molecule has 107 heavy (non-hydrogen) atoms. The predicted octanol–water partition coefficient (Wildman–Crippen LogP) is 27.2. The van der Waals surface area contributed by atoms with E-state index in [4.69, 9.17) is 37.0 Å².